The molecule has 0 bridgehead atoms. The Labute approximate surface area is 147 Å². The summed E-state index contributed by atoms with van der Waals surface area (Å²) >= 11 is 1.62. The lowest BCUT2D eigenvalue weighted by Crippen LogP contribution is -2.47. The van der Waals surface area contributed by atoms with E-state index < -0.39 is 0 Å². The molecule has 24 heavy (non-hydrogen) atoms. The summed E-state index contributed by atoms with van der Waals surface area (Å²) in [5, 5.41) is 6.29. The van der Waals surface area contributed by atoms with E-state index in [0.717, 1.165) is 48.6 Å². The molecule has 1 saturated heterocycles. The van der Waals surface area contributed by atoms with Gasteiger partial charge in [0.25, 0.3) is 0 Å². The quantitative estimate of drug-likeness (QED) is 0.907. The minimum absolute atomic E-state index is 0.188. The lowest BCUT2D eigenvalue weighted by molar-refractivity contribution is -0.131. The number of nitrogens with one attached hydrogen (secondary N) is 1. The van der Waals surface area contributed by atoms with Crippen LogP contribution >= 0.6 is 11.3 Å². The van der Waals surface area contributed by atoms with Gasteiger partial charge in [-0.15, -0.1) is 11.3 Å². The molecule has 1 N–H and O–H groups in total. The molecule has 1 aliphatic heterocycles. The fourth-order valence-corrected chi connectivity index (χ4v) is 3.94. The van der Waals surface area contributed by atoms with Gasteiger partial charge < -0.3 is 10.2 Å². The van der Waals surface area contributed by atoms with E-state index in [1.807, 2.05) is 17.3 Å². The van der Waals surface area contributed by atoms with Crippen LogP contribution < -0.4 is 5.32 Å². The molecular weight excluding hydrogens is 318 g/mol. The van der Waals surface area contributed by atoms with Gasteiger partial charge in [-0.05, 0) is 31.9 Å². The third-order valence-corrected chi connectivity index (χ3v) is 5.62. The smallest absolute Gasteiger partial charge is 0.228 e. The molecule has 3 rings (SSSR count). The summed E-state index contributed by atoms with van der Waals surface area (Å²) in [6.07, 6.45) is 3.67. The van der Waals surface area contributed by atoms with E-state index in [9.17, 15) is 4.79 Å². The number of nitrogens with zero attached hydrogens (tertiary/aromatic N) is 2. The zero-order valence-corrected chi connectivity index (χ0v) is 15.2. The Morgan fingerprint density at radius 2 is 2.17 bits per heavy atom. The predicted molar refractivity (Wildman–Crippen MR) is 99.3 cm³/mol. The SMILES string of the molecule is CCc1ccc(-c2nc(CC(=O)N3CCCC(NC)C3)cs2)cc1. The number of carbonyl (C=O) groups is 1. The molecule has 128 valence electrons. The van der Waals surface area contributed by atoms with Gasteiger partial charge in [-0.25, -0.2) is 4.98 Å². The Morgan fingerprint density at radius 3 is 2.88 bits per heavy atom. The lowest BCUT2D eigenvalue weighted by atomic mass is 10.1. The highest BCUT2D eigenvalue weighted by Crippen LogP contribution is 2.24. The zero-order valence-electron chi connectivity index (χ0n) is 14.4. The fraction of sp³-hybridized carbons (Fsp3) is 0.474. The van der Waals surface area contributed by atoms with E-state index in [-0.39, 0.29) is 5.91 Å². The van der Waals surface area contributed by atoms with Crippen LogP contribution in [0, 0.1) is 0 Å². The highest BCUT2D eigenvalue weighted by Gasteiger charge is 2.23. The summed E-state index contributed by atoms with van der Waals surface area (Å²) in [7, 11) is 1.97. The normalized spacial score (nSPS) is 17.9. The highest BCUT2D eigenvalue weighted by atomic mass is 32.1. The number of thiazole rings is 1. The van der Waals surface area contributed by atoms with Gasteiger partial charge in [0.1, 0.15) is 5.01 Å². The first-order chi connectivity index (χ1) is 11.7. The molecule has 2 heterocycles. The minimum atomic E-state index is 0.188. The third-order valence-electron chi connectivity index (χ3n) is 4.68. The van der Waals surface area contributed by atoms with E-state index >= 15 is 0 Å². The highest BCUT2D eigenvalue weighted by molar-refractivity contribution is 7.13. The zero-order chi connectivity index (χ0) is 16.9. The maximum atomic E-state index is 12.5. The monoisotopic (exact) mass is 343 g/mol. The maximum Gasteiger partial charge on any atom is 0.228 e. The van der Waals surface area contributed by atoms with Crippen LogP contribution in [-0.2, 0) is 17.6 Å². The van der Waals surface area contributed by atoms with Crippen LogP contribution in [0.1, 0.15) is 31.0 Å². The molecule has 1 unspecified atom stereocenters. The van der Waals surface area contributed by atoms with Crippen molar-refractivity contribution in [2.75, 3.05) is 20.1 Å². The van der Waals surface area contributed by atoms with Crippen molar-refractivity contribution >= 4 is 17.2 Å². The lowest BCUT2D eigenvalue weighted by Gasteiger charge is -2.32. The van der Waals surface area contributed by atoms with Crippen LogP contribution in [0.3, 0.4) is 0 Å². The van der Waals surface area contributed by atoms with Crippen molar-refractivity contribution in [1.29, 1.82) is 0 Å². The number of benzene rings is 1. The van der Waals surface area contributed by atoms with Crippen molar-refractivity contribution in [2.45, 2.75) is 38.6 Å². The summed E-state index contributed by atoms with van der Waals surface area (Å²) in [4.78, 5) is 19.2. The van der Waals surface area contributed by atoms with Crippen molar-refractivity contribution in [3.05, 3.63) is 40.9 Å². The molecule has 5 heteroatoms. The number of likely N-dealkylation sites (N-methyl/N-ethyl adjacent to an activating group) is 1. The molecule has 0 aliphatic carbocycles. The molecule has 4 nitrogen and oxygen atoms in total. The maximum absolute atomic E-state index is 12.5. The van der Waals surface area contributed by atoms with E-state index in [1.165, 1.54) is 5.56 Å². The van der Waals surface area contributed by atoms with Crippen molar-refractivity contribution in [2.24, 2.45) is 0 Å². The Hall–Kier alpha value is -1.72. The van der Waals surface area contributed by atoms with Crippen molar-refractivity contribution in [3.8, 4) is 10.6 Å². The first-order valence-corrected chi connectivity index (χ1v) is 9.56. The van der Waals surface area contributed by atoms with Crippen molar-refractivity contribution < 1.29 is 4.79 Å². The Kier molecular flexibility index (Phi) is 5.63. The first-order valence-electron chi connectivity index (χ1n) is 8.68. The second kappa shape index (κ2) is 7.90. The Balaban J connectivity index is 1.63. The number of likely N-dealkylation sites (tertiary alicyclic amines) is 1. The Morgan fingerprint density at radius 1 is 1.38 bits per heavy atom. The van der Waals surface area contributed by atoms with Gasteiger partial charge in [0.2, 0.25) is 5.91 Å². The number of piperidine rings is 1. The summed E-state index contributed by atoms with van der Waals surface area (Å²) < 4.78 is 0. The third kappa shape index (κ3) is 4.02. The molecule has 1 aromatic carbocycles. The van der Waals surface area contributed by atoms with Crippen LogP contribution in [0.15, 0.2) is 29.6 Å². The summed E-state index contributed by atoms with van der Waals surface area (Å²) in [5.41, 5.74) is 3.34. The summed E-state index contributed by atoms with van der Waals surface area (Å²) in [6.45, 7) is 3.83. The first kappa shape index (κ1) is 17.1. The van der Waals surface area contributed by atoms with E-state index in [0.29, 0.717) is 12.5 Å². The number of hydrogen-bond donors (Lipinski definition) is 1. The average molecular weight is 343 g/mol. The summed E-state index contributed by atoms with van der Waals surface area (Å²) in [6, 6.07) is 8.95. The van der Waals surface area contributed by atoms with Gasteiger partial charge in [-0.3, -0.25) is 4.79 Å². The van der Waals surface area contributed by atoms with Gasteiger partial charge in [0, 0.05) is 30.1 Å². The van der Waals surface area contributed by atoms with Gasteiger partial charge in [-0.2, -0.15) is 0 Å². The molecule has 0 spiro atoms. The number of aryl methyl sites for hydroxylation is 1. The number of carbonyl (C=O) groups excluding carboxylic acids is 1. The molecule has 1 aliphatic rings. The van der Waals surface area contributed by atoms with Crippen LogP contribution in [0.4, 0.5) is 0 Å². The number of rotatable bonds is 5. The van der Waals surface area contributed by atoms with Gasteiger partial charge in [-0.1, -0.05) is 31.2 Å². The van der Waals surface area contributed by atoms with Crippen LogP contribution in [0.25, 0.3) is 10.6 Å². The van der Waals surface area contributed by atoms with Gasteiger partial charge in [0.15, 0.2) is 0 Å². The molecular formula is C19H25N3OS. The molecule has 0 radical (unpaired) electrons. The molecule has 1 amide bonds. The average Bonchev–Trinajstić information content (AvgIpc) is 3.10. The van der Waals surface area contributed by atoms with E-state index in [4.69, 9.17) is 0 Å². The topological polar surface area (TPSA) is 45.2 Å². The predicted octanol–water partition coefficient (Wildman–Crippen LogP) is 3.13. The number of amides is 1. The molecule has 1 atom stereocenters. The largest absolute Gasteiger partial charge is 0.341 e. The second-order valence-corrected chi connectivity index (χ2v) is 7.20. The van der Waals surface area contributed by atoms with Gasteiger partial charge in [0.05, 0.1) is 12.1 Å². The van der Waals surface area contributed by atoms with E-state index in [1.54, 1.807) is 11.3 Å². The van der Waals surface area contributed by atoms with Crippen molar-refractivity contribution in [1.82, 2.24) is 15.2 Å². The number of hydrogen-bond acceptors (Lipinski definition) is 4. The minimum Gasteiger partial charge on any atom is -0.341 e. The van der Waals surface area contributed by atoms with Crippen LogP contribution in [0.5, 0.6) is 0 Å². The number of aromatic nitrogens is 1. The van der Waals surface area contributed by atoms with E-state index in [2.05, 4.69) is 41.5 Å². The Bertz CT molecular complexity index is 680. The molecule has 2 aromatic rings. The molecule has 1 aromatic heterocycles. The second-order valence-electron chi connectivity index (χ2n) is 6.34. The standard InChI is InChI=1S/C19H25N3OS/c1-3-14-6-8-15(9-7-14)19-21-17(13-24-19)11-18(23)22-10-4-5-16(12-22)20-2/h6-9,13,16,20H,3-5,10-12H2,1-2H3. The van der Waals surface area contributed by atoms with Crippen LogP contribution in [-0.4, -0.2) is 42.0 Å². The van der Waals surface area contributed by atoms with Gasteiger partial charge >= 0.3 is 0 Å². The molecule has 1 fully saturated rings. The summed E-state index contributed by atoms with van der Waals surface area (Å²) in [5.74, 6) is 0.188. The van der Waals surface area contributed by atoms with Crippen molar-refractivity contribution in [3.63, 3.8) is 0 Å². The van der Waals surface area contributed by atoms with Crippen LogP contribution in [0.2, 0.25) is 0 Å². The fourth-order valence-electron chi connectivity index (χ4n) is 3.11. The molecule has 0 saturated carbocycles.